The molecule has 1 aromatic carbocycles. The summed E-state index contributed by atoms with van der Waals surface area (Å²) >= 11 is 0. The molecule has 0 saturated heterocycles. The molecule has 0 atom stereocenters. The fraction of sp³-hybridized carbons (Fsp3) is 0.278. The maximum absolute atomic E-state index is 12.5. The van der Waals surface area contributed by atoms with E-state index in [1.807, 2.05) is 24.3 Å². The Morgan fingerprint density at radius 3 is 2.72 bits per heavy atom. The number of fused-ring (bicyclic) bond motifs is 1. The third kappa shape index (κ3) is 3.26. The van der Waals surface area contributed by atoms with Gasteiger partial charge in [-0.25, -0.2) is 4.79 Å². The molecule has 7 nitrogen and oxygen atoms in total. The molecule has 0 spiro atoms. The molecule has 0 fully saturated rings. The van der Waals surface area contributed by atoms with E-state index in [4.69, 9.17) is 9.26 Å². The van der Waals surface area contributed by atoms with E-state index in [1.165, 1.54) is 0 Å². The number of anilines is 1. The number of para-hydroxylation sites is 1. The lowest BCUT2D eigenvalue weighted by Crippen LogP contribution is -2.17. The molecular formula is C18H19N3O4. The van der Waals surface area contributed by atoms with Crippen LogP contribution in [0.5, 0.6) is 0 Å². The van der Waals surface area contributed by atoms with Crippen LogP contribution in [0.15, 0.2) is 28.8 Å². The highest BCUT2D eigenvalue weighted by molar-refractivity contribution is 6.11. The van der Waals surface area contributed by atoms with Crippen molar-refractivity contribution in [3.05, 3.63) is 47.0 Å². The molecule has 2 heterocycles. The van der Waals surface area contributed by atoms with Gasteiger partial charge in [0.2, 0.25) is 5.91 Å². The normalized spacial score (nSPS) is 10.8. The Morgan fingerprint density at radius 2 is 2.04 bits per heavy atom. The Kier molecular flexibility index (Phi) is 4.56. The number of ether oxygens (including phenoxy) is 1. The van der Waals surface area contributed by atoms with Crippen LogP contribution in [0.25, 0.3) is 10.9 Å². The Labute approximate surface area is 144 Å². The summed E-state index contributed by atoms with van der Waals surface area (Å²) in [6.45, 7) is 5.53. The van der Waals surface area contributed by atoms with Gasteiger partial charge in [0.15, 0.2) is 0 Å². The van der Waals surface area contributed by atoms with Gasteiger partial charge in [-0.05, 0) is 26.8 Å². The van der Waals surface area contributed by atoms with Gasteiger partial charge in [0.05, 0.1) is 24.4 Å². The number of aromatic nitrogens is 2. The minimum absolute atomic E-state index is 0.114. The first-order valence-corrected chi connectivity index (χ1v) is 8.00. The van der Waals surface area contributed by atoms with Gasteiger partial charge in [-0.15, -0.1) is 0 Å². The van der Waals surface area contributed by atoms with Crippen LogP contribution in [-0.2, 0) is 16.0 Å². The highest BCUT2D eigenvalue weighted by Crippen LogP contribution is 2.28. The van der Waals surface area contributed by atoms with Crippen LogP contribution >= 0.6 is 0 Å². The van der Waals surface area contributed by atoms with E-state index in [0.717, 1.165) is 16.5 Å². The molecule has 3 aromatic rings. The standard InChI is InChI=1S/C18H19N3O4/c1-4-24-18(23)17-16(12-7-5-6-8-14(12)19-17)20-15(22)9-13-10(2)21-25-11(13)3/h5-8,19H,4,9H2,1-3H3,(H,20,22). The molecule has 130 valence electrons. The van der Waals surface area contributed by atoms with E-state index < -0.39 is 5.97 Å². The maximum Gasteiger partial charge on any atom is 0.356 e. The Hall–Kier alpha value is -3.09. The van der Waals surface area contributed by atoms with Crippen molar-refractivity contribution >= 4 is 28.5 Å². The van der Waals surface area contributed by atoms with E-state index in [2.05, 4.69) is 15.5 Å². The first kappa shape index (κ1) is 16.8. The second-order valence-corrected chi connectivity index (χ2v) is 5.67. The van der Waals surface area contributed by atoms with Crippen molar-refractivity contribution in [2.24, 2.45) is 0 Å². The molecular weight excluding hydrogens is 322 g/mol. The number of rotatable bonds is 5. The number of aryl methyl sites for hydroxylation is 2. The number of carbonyl (C=O) groups excluding carboxylic acids is 2. The molecule has 1 amide bonds. The Bertz CT molecular complexity index is 920. The van der Waals surface area contributed by atoms with Crippen LogP contribution in [-0.4, -0.2) is 28.6 Å². The highest BCUT2D eigenvalue weighted by Gasteiger charge is 2.21. The van der Waals surface area contributed by atoms with Crippen molar-refractivity contribution in [2.45, 2.75) is 27.2 Å². The average Bonchev–Trinajstić information content (AvgIpc) is 3.10. The van der Waals surface area contributed by atoms with Gasteiger partial charge in [-0.1, -0.05) is 23.4 Å². The first-order chi connectivity index (χ1) is 12.0. The third-order valence-electron chi connectivity index (χ3n) is 3.97. The number of hydrogen-bond acceptors (Lipinski definition) is 5. The van der Waals surface area contributed by atoms with E-state index in [1.54, 1.807) is 20.8 Å². The summed E-state index contributed by atoms with van der Waals surface area (Å²) in [7, 11) is 0. The minimum atomic E-state index is -0.508. The van der Waals surface area contributed by atoms with Crippen molar-refractivity contribution in [3.63, 3.8) is 0 Å². The van der Waals surface area contributed by atoms with Crippen LogP contribution in [0.4, 0.5) is 5.69 Å². The monoisotopic (exact) mass is 341 g/mol. The average molecular weight is 341 g/mol. The lowest BCUT2D eigenvalue weighted by Gasteiger charge is -2.07. The molecule has 2 aromatic heterocycles. The second kappa shape index (κ2) is 6.80. The van der Waals surface area contributed by atoms with Crippen molar-refractivity contribution < 1.29 is 18.8 Å². The SMILES string of the molecule is CCOC(=O)c1[nH]c2ccccc2c1NC(=O)Cc1c(C)noc1C. The van der Waals surface area contributed by atoms with Crippen LogP contribution in [0.2, 0.25) is 0 Å². The molecule has 0 saturated carbocycles. The van der Waals surface area contributed by atoms with Crippen molar-refractivity contribution in [1.29, 1.82) is 0 Å². The number of nitrogens with one attached hydrogen (secondary N) is 2. The van der Waals surface area contributed by atoms with Gasteiger partial charge in [-0.3, -0.25) is 4.79 Å². The van der Waals surface area contributed by atoms with E-state index in [-0.39, 0.29) is 24.6 Å². The van der Waals surface area contributed by atoms with Crippen LogP contribution in [0.1, 0.15) is 34.4 Å². The maximum atomic E-state index is 12.5. The minimum Gasteiger partial charge on any atom is -0.461 e. The zero-order valence-electron chi connectivity index (χ0n) is 14.3. The summed E-state index contributed by atoms with van der Waals surface area (Å²) in [4.78, 5) is 27.7. The van der Waals surface area contributed by atoms with Gasteiger partial charge in [-0.2, -0.15) is 0 Å². The van der Waals surface area contributed by atoms with Crippen LogP contribution < -0.4 is 5.32 Å². The number of carbonyl (C=O) groups is 2. The number of amides is 1. The Balaban J connectivity index is 1.93. The molecule has 0 aliphatic carbocycles. The molecule has 0 bridgehead atoms. The second-order valence-electron chi connectivity index (χ2n) is 5.67. The van der Waals surface area contributed by atoms with E-state index in [0.29, 0.717) is 17.1 Å². The molecule has 3 rings (SSSR count). The first-order valence-electron chi connectivity index (χ1n) is 8.00. The van der Waals surface area contributed by atoms with Gasteiger partial charge in [0, 0.05) is 16.5 Å². The number of hydrogen-bond donors (Lipinski definition) is 2. The molecule has 25 heavy (non-hydrogen) atoms. The molecule has 0 aliphatic rings. The number of benzene rings is 1. The smallest absolute Gasteiger partial charge is 0.356 e. The number of H-pyrrole nitrogens is 1. The molecule has 0 unspecified atom stereocenters. The molecule has 0 aliphatic heterocycles. The van der Waals surface area contributed by atoms with Crippen molar-refractivity contribution in [3.8, 4) is 0 Å². The third-order valence-corrected chi connectivity index (χ3v) is 3.97. The molecule has 7 heteroatoms. The zero-order chi connectivity index (χ0) is 18.0. The highest BCUT2D eigenvalue weighted by atomic mass is 16.5. The topological polar surface area (TPSA) is 97.2 Å². The predicted molar refractivity (Wildman–Crippen MR) is 92.6 cm³/mol. The summed E-state index contributed by atoms with van der Waals surface area (Å²) in [6.07, 6.45) is 0.114. The summed E-state index contributed by atoms with van der Waals surface area (Å²) in [5, 5.41) is 7.42. The quantitative estimate of drug-likeness (QED) is 0.695. The van der Waals surface area contributed by atoms with Crippen molar-refractivity contribution in [2.75, 3.05) is 11.9 Å². The van der Waals surface area contributed by atoms with Crippen molar-refractivity contribution in [1.82, 2.24) is 10.1 Å². The largest absolute Gasteiger partial charge is 0.461 e. The summed E-state index contributed by atoms with van der Waals surface area (Å²) in [6, 6.07) is 7.36. The Morgan fingerprint density at radius 1 is 1.28 bits per heavy atom. The van der Waals surface area contributed by atoms with Gasteiger partial charge in [0.1, 0.15) is 11.5 Å². The van der Waals surface area contributed by atoms with Gasteiger partial charge < -0.3 is 19.6 Å². The number of esters is 1. The van der Waals surface area contributed by atoms with Crippen LogP contribution in [0.3, 0.4) is 0 Å². The molecule has 0 radical (unpaired) electrons. The number of nitrogens with zero attached hydrogens (tertiary/aromatic N) is 1. The lowest BCUT2D eigenvalue weighted by molar-refractivity contribution is -0.115. The lowest BCUT2D eigenvalue weighted by atomic mass is 10.1. The van der Waals surface area contributed by atoms with Gasteiger partial charge >= 0.3 is 5.97 Å². The van der Waals surface area contributed by atoms with E-state index in [9.17, 15) is 9.59 Å². The summed E-state index contributed by atoms with van der Waals surface area (Å²) in [5.41, 5.74) is 2.83. The zero-order valence-corrected chi connectivity index (χ0v) is 14.3. The predicted octanol–water partition coefficient (Wildman–Crippen LogP) is 3.13. The fourth-order valence-electron chi connectivity index (χ4n) is 2.73. The van der Waals surface area contributed by atoms with Crippen LogP contribution in [0, 0.1) is 13.8 Å². The van der Waals surface area contributed by atoms with Gasteiger partial charge in [0.25, 0.3) is 0 Å². The summed E-state index contributed by atoms with van der Waals surface area (Å²) in [5.74, 6) is -0.159. The summed E-state index contributed by atoms with van der Waals surface area (Å²) < 4.78 is 10.2. The fourth-order valence-corrected chi connectivity index (χ4v) is 2.73. The molecule has 2 N–H and O–H groups in total. The number of aromatic amines is 1. The van der Waals surface area contributed by atoms with E-state index >= 15 is 0 Å².